The lowest BCUT2D eigenvalue weighted by Crippen LogP contribution is -2.60. The predicted molar refractivity (Wildman–Crippen MR) is 122 cm³/mol. The van der Waals surface area contributed by atoms with Crippen LogP contribution < -0.4 is 0 Å². The molecule has 162 valence electrons. The van der Waals surface area contributed by atoms with Crippen molar-refractivity contribution in [2.75, 3.05) is 6.61 Å². The van der Waals surface area contributed by atoms with Gasteiger partial charge in [0.2, 0.25) is 0 Å². The van der Waals surface area contributed by atoms with Crippen molar-refractivity contribution >= 4 is 6.09 Å². The molecule has 2 bridgehead atoms. The van der Waals surface area contributed by atoms with E-state index in [0.29, 0.717) is 25.9 Å². The molecule has 5 rings (SSSR count). The zero-order valence-electron chi connectivity index (χ0n) is 18.2. The van der Waals surface area contributed by atoms with E-state index in [1.54, 1.807) is 0 Å². The average molecular weight is 418 g/mol. The number of rotatable bonds is 4. The molecule has 0 saturated carbocycles. The molecule has 2 fully saturated rings. The molecule has 2 aliphatic heterocycles. The van der Waals surface area contributed by atoms with Crippen molar-refractivity contribution < 1.29 is 14.6 Å². The molecule has 0 aromatic heterocycles. The summed E-state index contributed by atoms with van der Waals surface area (Å²) in [6.45, 7) is 6.30. The highest BCUT2D eigenvalue weighted by molar-refractivity contribution is 5.79. The predicted octanol–water partition coefficient (Wildman–Crippen LogP) is 5.65. The first-order valence-electron chi connectivity index (χ1n) is 11.5. The average Bonchev–Trinajstić information content (AvgIpc) is 3.04. The van der Waals surface area contributed by atoms with E-state index < -0.39 is 5.60 Å². The lowest BCUT2D eigenvalue weighted by molar-refractivity contribution is -0.0838. The van der Waals surface area contributed by atoms with Gasteiger partial charge in [0.25, 0.3) is 0 Å². The Morgan fingerprint density at radius 1 is 1.06 bits per heavy atom. The van der Waals surface area contributed by atoms with Gasteiger partial charge in [-0.25, -0.2) is 4.79 Å². The number of piperidine rings is 2. The molecular formula is C27H31NO3. The molecule has 2 saturated heterocycles. The molecular weight excluding hydrogens is 386 g/mol. The number of ether oxygens (including phenoxy) is 1. The van der Waals surface area contributed by atoms with Gasteiger partial charge < -0.3 is 14.7 Å². The smallest absolute Gasteiger partial charge is 0.410 e. The number of carbonyl (C=O) groups excluding carboxylic acids is 1. The van der Waals surface area contributed by atoms with E-state index in [2.05, 4.69) is 55.1 Å². The SMILES string of the molecule is C=C(C)CC1(O)CC2CCCC(C1)N2C(=O)OCC1c2ccccc2-c2ccccc21. The van der Waals surface area contributed by atoms with Crippen LogP contribution in [0.15, 0.2) is 60.7 Å². The largest absolute Gasteiger partial charge is 0.448 e. The second kappa shape index (κ2) is 7.83. The molecule has 3 aliphatic rings. The van der Waals surface area contributed by atoms with Crippen LogP contribution in [0.2, 0.25) is 0 Å². The molecule has 2 aromatic carbocycles. The summed E-state index contributed by atoms with van der Waals surface area (Å²) in [5.41, 5.74) is 5.17. The van der Waals surface area contributed by atoms with Crippen molar-refractivity contribution in [2.24, 2.45) is 0 Å². The molecule has 0 radical (unpaired) electrons. The summed E-state index contributed by atoms with van der Waals surface area (Å²) in [4.78, 5) is 15.2. The fourth-order valence-electron chi connectivity index (χ4n) is 6.20. The van der Waals surface area contributed by atoms with Crippen LogP contribution in [0.25, 0.3) is 11.1 Å². The van der Waals surface area contributed by atoms with Gasteiger partial charge in [0.1, 0.15) is 6.61 Å². The molecule has 2 aromatic rings. The first-order valence-corrected chi connectivity index (χ1v) is 11.5. The van der Waals surface area contributed by atoms with E-state index in [1.165, 1.54) is 22.3 Å². The van der Waals surface area contributed by atoms with Gasteiger partial charge in [-0.05, 0) is 67.7 Å². The van der Waals surface area contributed by atoms with Gasteiger partial charge in [-0.2, -0.15) is 0 Å². The minimum atomic E-state index is -0.748. The Balaban J connectivity index is 1.32. The molecule has 2 unspecified atom stereocenters. The minimum Gasteiger partial charge on any atom is -0.448 e. The third kappa shape index (κ3) is 3.67. The number of hydrogen-bond acceptors (Lipinski definition) is 3. The number of hydrogen-bond donors (Lipinski definition) is 1. The number of benzene rings is 2. The van der Waals surface area contributed by atoms with Crippen LogP contribution >= 0.6 is 0 Å². The van der Waals surface area contributed by atoms with Crippen LogP contribution in [0.5, 0.6) is 0 Å². The Kier molecular flexibility index (Phi) is 5.13. The van der Waals surface area contributed by atoms with E-state index >= 15 is 0 Å². The van der Waals surface area contributed by atoms with Gasteiger partial charge in [0, 0.05) is 18.0 Å². The van der Waals surface area contributed by atoms with Gasteiger partial charge >= 0.3 is 6.09 Å². The molecule has 4 heteroatoms. The van der Waals surface area contributed by atoms with Crippen LogP contribution in [0, 0.1) is 0 Å². The van der Waals surface area contributed by atoms with Crippen LogP contribution in [0.1, 0.15) is 62.5 Å². The fraction of sp³-hybridized carbons (Fsp3) is 0.444. The van der Waals surface area contributed by atoms with Crippen LogP contribution in [-0.4, -0.2) is 40.4 Å². The number of nitrogens with zero attached hydrogens (tertiary/aromatic N) is 1. The molecule has 0 spiro atoms. The molecule has 1 amide bonds. The fourth-order valence-corrected chi connectivity index (χ4v) is 6.20. The lowest BCUT2D eigenvalue weighted by Gasteiger charge is -2.51. The van der Waals surface area contributed by atoms with Gasteiger partial charge in [0.05, 0.1) is 5.60 Å². The molecule has 2 heterocycles. The summed E-state index contributed by atoms with van der Waals surface area (Å²) < 4.78 is 5.95. The number of fused-ring (bicyclic) bond motifs is 5. The normalized spacial score (nSPS) is 26.8. The Labute approximate surface area is 184 Å². The lowest BCUT2D eigenvalue weighted by atomic mass is 9.73. The van der Waals surface area contributed by atoms with Crippen molar-refractivity contribution in [3.05, 3.63) is 71.8 Å². The summed E-state index contributed by atoms with van der Waals surface area (Å²) in [5, 5.41) is 11.1. The molecule has 4 nitrogen and oxygen atoms in total. The summed E-state index contributed by atoms with van der Waals surface area (Å²) >= 11 is 0. The van der Waals surface area contributed by atoms with Gasteiger partial charge in [-0.15, -0.1) is 6.58 Å². The molecule has 1 aliphatic carbocycles. The van der Waals surface area contributed by atoms with E-state index in [9.17, 15) is 9.90 Å². The third-order valence-corrected chi connectivity index (χ3v) is 7.27. The van der Waals surface area contributed by atoms with Gasteiger partial charge in [-0.3, -0.25) is 0 Å². The first kappa shape index (κ1) is 20.3. The van der Waals surface area contributed by atoms with Crippen molar-refractivity contribution in [3.8, 4) is 11.1 Å². The van der Waals surface area contributed by atoms with E-state index in [0.717, 1.165) is 24.8 Å². The molecule has 31 heavy (non-hydrogen) atoms. The highest BCUT2D eigenvalue weighted by Gasteiger charge is 2.48. The highest BCUT2D eigenvalue weighted by atomic mass is 16.6. The second-order valence-electron chi connectivity index (χ2n) is 9.72. The van der Waals surface area contributed by atoms with Crippen LogP contribution in [0.4, 0.5) is 4.79 Å². The topological polar surface area (TPSA) is 49.8 Å². The number of carbonyl (C=O) groups is 1. The quantitative estimate of drug-likeness (QED) is 0.654. The highest BCUT2D eigenvalue weighted by Crippen LogP contribution is 2.45. The zero-order valence-corrected chi connectivity index (χ0v) is 18.2. The maximum Gasteiger partial charge on any atom is 0.410 e. The van der Waals surface area contributed by atoms with E-state index in [4.69, 9.17) is 4.74 Å². The van der Waals surface area contributed by atoms with Crippen molar-refractivity contribution in [3.63, 3.8) is 0 Å². The van der Waals surface area contributed by atoms with Crippen LogP contribution in [-0.2, 0) is 4.74 Å². The second-order valence-corrected chi connectivity index (χ2v) is 9.72. The van der Waals surface area contributed by atoms with Crippen LogP contribution in [0.3, 0.4) is 0 Å². The third-order valence-electron chi connectivity index (χ3n) is 7.27. The number of aliphatic hydroxyl groups is 1. The Hall–Kier alpha value is -2.59. The standard InChI is InChI=1S/C27H31NO3/c1-18(2)14-27(30)15-19-8-7-9-20(16-27)28(19)26(29)31-17-25-23-12-5-3-10-21(23)22-11-4-6-13-24(22)25/h3-6,10-13,19-20,25,30H,1,7-9,14-17H2,2H3. The maximum absolute atomic E-state index is 13.2. The number of amides is 1. The van der Waals surface area contributed by atoms with E-state index in [1.807, 2.05) is 11.8 Å². The van der Waals surface area contributed by atoms with Crippen molar-refractivity contribution in [2.45, 2.75) is 69.1 Å². The monoisotopic (exact) mass is 417 g/mol. The Bertz CT molecular complexity index is 954. The maximum atomic E-state index is 13.2. The van der Waals surface area contributed by atoms with Gasteiger partial charge in [-0.1, -0.05) is 54.1 Å². The summed E-state index contributed by atoms with van der Waals surface area (Å²) in [5.74, 6) is 0.0707. The van der Waals surface area contributed by atoms with Gasteiger partial charge in [0.15, 0.2) is 0 Å². The minimum absolute atomic E-state index is 0.0486. The summed E-state index contributed by atoms with van der Waals surface area (Å²) in [7, 11) is 0. The molecule has 2 atom stereocenters. The van der Waals surface area contributed by atoms with Crippen molar-refractivity contribution in [1.82, 2.24) is 4.90 Å². The van der Waals surface area contributed by atoms with E-state index in [-0.39, 0.29) is 24.1 Å². The molecule has 1 N–H and O–H groups in total. The summed E-state index contributed by atoms with van der Waals surface area (Å²) in [6, 6.07) is 16.9. The summed E-state index contributed by atoms with van der Waals surface area (Å²) in [6.07, 6.45) is 4.57. The Morgan fingerprint density at radius 2 is 1.61 bits per heavy atom. The first-order chi connectivity index (χ1) is 15.0. The van der Waals surface area contributed by atoms with Crippen molar-refractivity contribution in [1.29, 1.82) is 0 Å². The Morgan fingerprint density at radius 3 is 2.16 bits per heavy atom. The zero-order chi connectivity index (χ0) is 21.6.